The van der Waals surface area contributed by atoms with E-state index in [2.05, 4.69) is 15.4 Å². The molecular weight excluding hydrogens is 359 g/mol. The van der Waals surface area contributed by atoms with Gasteiger partial charge in [0.1, 0.15) is 5.82 Å². The molecule has 4 rings (SSSR count). The maximum atomic E-state index is 13.2. The van der Waals surface area contributed by atoms with Gasteiger partial charge in [-0.3, -0.25) is 4.79 Å². The average molecular weight is 376 g/mol. The van der Waals surface area contributed by atoms with Crippen LogP contribution in [0.5, 0.6) is 5.88 Å². The van der Waals surface area contributed by atoms with Gasteiger partial charge in [0.05, 0.1) is 30.1 Å². The summed E-state index contributed by atoms with van der Waals surface area (Å²) in [5.74, 6) is 0.00132. The molecule has 0 bridgehead atoms. The van der Waals surface area contributed by atoms with Crippen LogP contribution in [-0.4, -0.2) is 27.8 Å². The van der Waals surface area contributed by atoms with Gasteiger partial charge < -0.3 is 10.1 Å². The number of halogens is 1. The number of rotatable bonds is 5. The molecule has 2 aromatic heterocycles. The van der Waals surface area contributed by atoms with E-state index in [0.29, 0.717) is 18.0 Å². The number of methoxy groups -OCH3 is 1. The van der Waals surface area contributed by atoms with E-state index in [-0.39, 0.29) is 11.7 Å². The first-order valence-corrected chi connectivity index (χ1v) is 8.65. The van der Waals surface area contributed by atoms with E-state index < -0.39 is 0 Å². The maximum Gasteiger partial charge on any atom is 0.252 e. The quantitative estimate of drug-likeness (QED) is 0.579. The highest BCUT2D eigenvalue weighted by molar-refractivity contribution is 6.06. The number of carbonyl (C=O) groups excluding carboxylic acids is 1. The van der Waals surface area contributed by atoms with Crippen LogP contribution in [-0.2, 0) is 6.54 Å². The number of carbonyl (C=O) groups is 1. The predicted octanol–water partition coefficient (Wildman–Crippen LogP) is 3.50. The number of nitrogens with zero attached hydrogens (tertiary/aromatic N) is 3. The van der Waals surface area contributed by atoms with Crippen LogP contribution in [0.25, 0.3) is 16.6 Å². The van der Waals surface area contributed by atoms with Gasteiger partial charge in [0.25, 0.3) is 5.91 Å². The third-order valence-electron chi connectivity index (χ3n) is 4.39. The third kappa shape index (κ3) is 3.42. The molecule has 1 N–H and O–H groups in total. The molecule has 1 amide bonds. The topological polar surface area (TPSA) is 69.0 Å². The Labute approximate surface area is 160 Å². The molecule has 2 aromatic carbocycles. The molecule has 0 unspecified atom stereocenters. The van der Waals surface area contributed by atoms with Crippen molar-refractivity contribution in [3.63, 3.8) is 0 Å². The summed E-state index contributed by atoms with van der Waals surface area (Å²) in [5.41, 5.74) is 2.87. The van der Waals surface area contributed by atoms with Gasteiger partial charge in [0.2, 0.25) is 5.88 Å². The first-order chi connectivity index (χ1) is 13.7. The van der Waals surface area contributed by atoms with E-state index in [4.69, 9.17) is 4.74 Å². The summed E-state index contributed by atoms with van der Waals surface area (Å²) in [4.78, 5) is 16.8. The number of aromatic nitrogens is 3. The Balaban J connectivity index is 1.58. The first-order valence-electron chi connectivity index (χ1n) is 8.65. The van der Waals surface area contributed by atoms with Crippen LogP contribution in [0.1, 0.15) is 15.9 Å². The van der Waals surface area contributed by atoms with Crippen LogP contribution in [0.2, 0.25) is 0 Å². The predicted molar refractivity (Wildman–Crippen MR) is 103 cm³/mol. The molecule has 0 radical (unpaired) electrons. The number of fused-ring (bicyclic) bond motifs is 1. The van der Waals surface area contributed by atoms with E-state index in [1.54, 1.807) is 54.5 Å². The molecule has 0 saturated heterocycles. The van der Waals surface area contributed by atoms with E-state index in [1.807, 2.05) is 12.1 Å². The van der Waals surface area contributed by atoms with Gasteiger partial charge in [-0.15, -0.1) is 0 Å². The summed E-state index contributed by atoms with van der Waals surface area (Å²) >= 11 is 0. The van der Waals surface area contributed by atoms with Crippen molar-refractivity contribution >= 4 is 16.8 Å². The fourth-order valence-electron chi connectivity index (χ4n) is 2.95. The van der Waals surface area contributed by atoms with Gasteiger partial charge in [-0.2, -0.15) is 5.10 Å². The largest absolute Gasteiger partial charge is 0.481 e. The van der Waals surface area contributed by atoms with Gasteiger partial charge in [-0.1, -0.05) is 12.1 Å². The van der Waals surface area contributed by atoms with E-state index in [0.717, 1.165) is 22.2 Å². The second kappa shape index (κ2) is 7.48. The monoisotopic (exact) mass is 376 g/mol. The van der Waals surface area contributed by atoms with Crippen LogP contribution in [0.3, 0.4) is 0 Å². The lowest BCUT2D eigenvalue weighted by molar-refractivity contribution is 0.0952. The number of hydrogen-bond acceptors (Lipinski definition) is 4. The van der Waals surface area contributed by atoms with Gasteiger partial charge in [0.15, 0.2) is 0 Å². The lowest BCUT2D eigenvalue weighted by atomic mass is 10.1. The fraction of sp³-hybridized carbons (Fsp3) is 0.0952. The van der Waals surface area contributed by atoms with Crippen molar-refractivity contribution in [2.45, 2.75) is 6.54 Å². The molecular formula is C21H17FN4O2. The van der Waals surface area contributed by atoms with Gasteiger partial charge >= 0.3 is 0 Å². The molecule has 0 spiro atoms. The molecule has 0 atom stereocenters. The fourth-order valence-corrected chi connectivity index (χ4v) is 2.95. The molecule has 0 aliphatic carbocycles. The van der Waals surface area contributed by atoms with Crippen LogP contribution in [0.4, 0.5) is 4.39 Å². The molecule has 28 heavy (non-hydrogen) atoms. The molecule has 0 fully saturated rings. The number of hydrogen-bond donors (Lipinski definition) is 1. The SMILES string of the molecule is COc1ccc(CNC(=O)c2cccc3c2cnn3-c2ccc(F)cc2)cn1. The third-order valence-corrected chi connectivity index (χ3v) is 4.39. The molecule has 2 heterocycles. The van der Waals surface area contributed by atoms with Crippen molar-refractivity contribution in [3.8, 4) is 11.6 Å². The molecule has 7 heteroatoms. The van der Waals surface area contributed by atoms with Crippen molar-refractivity contribution in [3.05, 3.63) is 83.9 Å². The number of nitrogens with one attached hydrogen (secondary N) is 1. The summed E-state index contributed by atoms with van der Waals surface area (Å²) in [6, 6.07) is 15.1. The minimum atomic E-state index is -0.312. The van der Waals surface area contributed by atoms with E-state index in [9.17, 15) is 9.18 Å². The van der Waals surface area contributed by atoms with Crippen LogP contribution < -0.4 is 10.1 Å². The molecule has 0 aliphatic rings. The minimum Gasteiger partial charge on any atom is -0.481 e. The number of amides is 1. The van der Waals surface area contributed by atoms with Crippen molar-refractivity contribution < 1.29 is 13.9 Å². The molecule has 6 nitrogen and oxygen atoms in total. The number of ether oxygens (including phenoxy) is 1. The Bertz CT molecular complexity index is 1120. The van der Waals surface area contributed by atoms with Crippen LogP contribution >= 0.6 is 0 Å². The lowest BCUT2D eigenvalue weighted by Crippen LogP contribution is -2.23. The summed E-state index contributed by atoms with van der Waals surface area (Å²) < 4.78 is 19.9. The highest BCUT2D eigenvalue weighted by Crippen LogP contribution is 2.22. The molecule has 4 aromatic rings. The Hall–Kier alpha value is -3.74. The van der Waals surface area contributed by atoms with Crippen molar-refractivity contribution in [1.82, 2.24) is 20.1 Å². The standard InChI is InChI=1S/C21H17FN4O2/c1-28-20-10-5-14(11-23-20)12-24-21(27)17-3-2-4-19-18(17)13-25-26(19)16-8-6-15(22)7-9-16/h2-11,13H,12H2,1H3,(H,24,27). The minimum absolute atomic E-state index is 0.208. The summed E-state index contributed by atoms with van der Waals surface area (Å²) in [7, 11) is 1.55. The maximum absolute atomic E-state index is 13.2. The van der Waals surface area contributed by atoms with Gasteiger partial charge in [-0.25, -0.2) is 14.1 Å². The molecule has 140 valence electrons. The highest BCUT2D eigenvalue weighted by atomic mass is 19.1. The number of benzene rings is 2. The van der Waals surface area contributed by atoms with Crippen molar-refractivity contribution in [2.24, 2.45) is 0 Å². The Kier molecular flexibility index (Phi) is 4.72. The Morgan fingerprint density at radius 1 is 1.11 bits per heavy atom. The van der Waals surface area contributed by atoms with E-state index >= 15 is 0 Å². The lowest BCUT2D eigenvalue weighted by Gasteiger charge is -2.08. The summed E-state index contributed by atoms with van der Waals surface area (Å²) in [5, 5.41) is 7.98. The molecule has 0 saturated carbocycles. The smallest absolute Gasteiger partial charge is 0.252 e. The Morgan fingerprint density at radius 3 is 2.64 bits per heavy atom. The normalized spacial score (nSPS) is 10.8. The average Bonchev–Trinajstić information content (AvgIpc) is 3.17. The summed E-state index contributed by atoms with van der Waals surface area (Å²) in [6.07, 6.45) is 3.30. The van der Waals surface area contributed by atoms with E-state index in [1.165, 1.54) is 12.1 Å². The van der Waals surface area contributed by atoms with Crippen LogP contribution in [0.15, 0.2) is 67.0 Å². The van der Waals surface area contributed by atoms with Crippen molar-refractivity contribution in [1.29, 1.82) is 0 Å². The Morgan fingerprint density at radius 2 is 1.93 bits per heavy atom. The van der Waals surface area contributed by atoms with Gasteiger partial charge in [0, 0.05) is 24.2 Å². The van der Waals surface area contributed by atoms with Crippen LogP contribution in [0, 0.1) is 5.82 Å². The first kappa shape index (κ1) is 17.7. The number of pyridine rings is 1. The second-order valence-corrected chi connectivity index (χ2v) is 6.16. The second-order valence-electron chi connectivity index (χ2n) is 6.16. The highest BCUT2D eigenvalue weighted by Gasteiger charge is 2.14. The zero-order valence-electron chi connectivity index (χ0n) is 15.1. The van der Waals surface area contributed by atoms with Crippen molar-refractivity contribution in [2.75, 3.05) is 7.11 Å². The van der Waals surface area contributed by atoms with Gasteiger partial charge in [-0.05, 0) is 42.0 Å². The summed E-state index contributed by atoms with van der Waals surface area (Å²) in [6.45, 7) is 0.346. The zero-order chi connectivity index (χ0) is 19.5. The zero-order valence-corrected chi connectivity index (χ0v) is 15.1. The molecule has 0 aliphatic heterocycles.